The van der Waals surface area contributed by atoms with Crippen molar-refractivity contribution in [1.82, 2.24) is 0 Å². The van der Waals surface area contributed by atoms with Gasteiger partial charge in [0.1, 0.15) is 0 Å². The van der Waals surface area contributed by atoms with E-state index in [1.165, 1.54) is 0 Å². The molecule has 0 saturated carbocycles. The first-order valence-electron chi connectivity index (χ1n) is 6.40. The van der Waals surface area contributed by atoms with Crippen LogP contribution in [0.3, 0.4) is 0 Å². The molecule has 1 unspecified atom stereocenters. The highest BCUT2D eigenvalue weighted by molar-refractivity contribution is 7.98. The van der Waals surface area contributed by atoms with Crippen molar-refractivity contribution in [2.45, 2.75) is 16.7 Å². The Morgan fingerprint density at radius 3 is 2.62 bits per heavy atom. The molecule has 0 saturated heterocycles. The number of thioether (sulfide) groups is 1. The van der Waals surface area contributed by atoms with E-state index in [4.69, 9.17) is 0 Å². The maximum Gasteiger partial charge on any atom is 0.255 e. The van der Waals surface area contributed by atoms with Gasteiger partial charge in [-0.1, -0.05) is 12.1 Å². The van der Waals surface area contributed by atoms with Crippen LogP contribution in [0.5, 0.6) is 0 Å². The third kappa shape index (κ3) is 3.95. The van der Waals surface area contributed by atoms with Crippen molar-refractivity contribution in [1.29, 1.82) is 0 Å². The molecule has 0 heterocycles. The summed E-state index contributed by atoms with van der Waals surface area (Å²) in [5.74, 6) is -0.151. The van der Waals surface area contributed by atoms with E-state index in [2.05, 4.69) is 5.32 Å². The molecule has 2 aromatic rings. The quantitative estimate of drug-likeness (QED) is 0.874. The SMILES string of the molecule is CSc1ccc(C)c(C(=O)Nc2cccc(S(C)=O)c2)c1. The minimum Gasteiger partial charge on any atom is -0.322 e. The van der Waals surface area contributed by atoms with Crippen LogP contribution in [0, 0.1) is 6.92 Å². The first kappa shape index (κ1) is 15.8. The largest absolute Gasteiger partial charge is 0.322 e. The molecule has 2 rings (SSSR count). The Morgan fingerprint density at radius 2 is 1.95 bits per heavy atom. The van der Waals surface area contributed by atoms with Crippen LogP contribution < -0.4 is 5.32 Å². The molecule has 5 heteroatoms. The summed E-state index contributed by atoms with van der Waals surface area (Å²) in [5, 5.41) is 2.86. The Morgan fingerprint density at radius 1 is 1.19 bits per heavy atom. The monoisotopic (exact) mass is 319 g/mol. The average molecular weight is 319 g/mol. The van der Waals surface area contributed by atoms with Crippen LogP contribution in [0.4, 0.5) is 5.69 Å². The molecule has 0 fully saturated rings. The number of nitrogens with one attached hydrogen (secondary N) is 1. The molecule has 2 aromatic carbocycles. The molecule has 110 valence electrons. The maximum absolute atomic E-state index is 12.4. The Hall–Kier alpha value is -1.59. The number of amides is 1. The van der Waals surface area contributed by atoms with E-state index in [1.54, 1.807) is 42.3 Å². The Kier molecular flexibility index (Phi) is 5.20. The van der Waals surface area contributed by atoms with Crippen molar-refractivity contribution < 1.29 is 9.00 Å². The zero-order valence-electron chi connectivity index (χ0n) is 12.2. The third-order valence-electron chi connectivity index (χ3n) is 3.11. The molecule has 0 radical (unpaired) electrons. The van der Waals surface area contributed by atoms with Crippen molar-refractivity contribution in [2.75, 3.05) is 17.8 Å². The number of aryl methyl sites for hydroxylation is 1. The van der Waals surface area contributed by atoms with E-state index in [-0.39, 0.29) is 5.91 Å². The topological polar surface area (TPSA) is 46.2 Å². The number of hydrogen-bond donors (Lipinski definition) is 1. The van der Waals surface area contributed by atoms with Gasteiger partial charge in [-0.15, -0.1) is 11.8 Å². The first-order valence-corrected chi connectivity index (χ1v) is 9.19. The molecule has 0 aliphatic heterocycles. The summed E-state index contributed by atoms with van der Waals surface area (Å²) < 4.78 is 11.5. The number of hydrogen-bond acceptors (Lipinski definition) is 3. The van der Waals surface area contributed by atoms with Crippen LogP contribution in [0.1, 0.15) is 15.9 Å². The molecule has 1 N–H and O–H groups in total. The van der Waals surface area contributed by atoms with Crippen LogP contribution in [-0.4, -0.2) is 22.6 Å². The van der Waals surface area contributed by atoms with E-state index in [1.807, 2.05) is 31.4 Å². The minimum absolute atomic E-state index is 0.151. The van der Waals surface area contributed by atoms with Gasteiger partial charge in [0, 0.05) is 38.1 Å². The van der Waals surface area contributed by atoms with Crippen molar-refractivity contribution in [2.24, 2.45) is 0 Å². The molecular weight excluding hydrogens is 302 g/mol. The number of rotatable bonds is 4. The van der Waals surface area contributed by atoms with Gasteiger partial charge in [0.2, 0.25) is 0 Å². The number of benzene rings is 2. The van der Waals surface area contributed by atoms with Gasteiger partial charge in [-0.3, -0.25) is 9.00 Å². The normalized spacial score (nSPS) is 12.0. The highest BCUT2D eigenvalue weighted by Crippen LogP contribution is 2.21. The lowest BCUT2D eigenvalue weighted by atomic mass is 10.1. The van der Waals surface area contributed by atoms with Gasteiger partial charge >= 0.3 is 0 Å². The van der Waals surface area contributed by atoms with Gasteiger partial charge in [-0.05, 0) is 49.1 Å². The fraction of sp³-hybridized carbons (Fsp3) is 0.188. The second-order valence-corrected chi connectivity index (χ2v) is 6.88. The molecule has 1 amide bonds. The van der Waals surface area contributed by atoms with Gasteiger partial charge < -0.3 is 5.32 Å². The van der Waals surface area contributed by atoms with Gasteiger partial charge in [0.05, 0.1) is 0 Å². The van der Waals surface area contributed by atoms with Crippen molar-refractivity contribution >= 4 is 34.2 Å². The molecule has 0 bridgehead atoms. The fourth-order valence-electron chi connectivity index (χ4n) is 1.92. The number of carbonyl (C=O) groups excluding carboxylic acids is 1. The summed E-state index contributed by atoms with van der Waals surface area (Å²) in [6, 6.07) is 12.9. The Balaban J connectivity index is 2.25. The predicted octanol–water partition coefficient (Wildman–Crippen LogP) is 3.71. The highest BCUT2D eigenvalue weighted by atomic mass is 32.2. The van der Waals surface area contributed by atoms with Crippen LogP contribution >= 0.6 is 11.8 Å². The average Bonchev–Trinajstić information content (AvgIpc) is 2.48. The van der Waals surface area contributed by atoms with Gasteiger partial charge in [0.25, 0.3) is 5.91 Å². The van der Waals surface area contributed by atoms with Crippen LogP contribution in [-0.2, 0) is 10.8 Å². The highest BCUT2D eigenvalue weighted by Gasteiger charge is 2.11. The smallest absolute Gasteiger partial charge is 0.255 e. The number of carbonyl (C=O) groups is 1. The summed E-state index contributed by atoms with van der Waals surface area (Å²) in [5.41, 5.74) is 2.24. The van der Waals surface area contributed by atoms with E-state index >= 15 is 0 Å². The second-order valence-electron chi connectivity index (χ2n) is 4.62. The lowest BCUT2D eigenvalue weighted by Gasteiger charge is -2.10. The number of anilines is 1. The third-order valence-corrected chi connectivity index (χ3v) is 4.76. The zero-order valence-corrected chi connectivity index (χ0v) is 13.8. The standard InChI is InChI=1S/C16H17NO2S2/c1-11-7-8-13(20-2)10-15(11)16(18)17-12-5-4-6-14(9-12)21(3)19/h4-10H,1-3H3,(H,17,18). The van der Waals surface area contributed by atoms with Crippen molar-refractivity contribution in [3.63, 3.8) is 0 Å². The summed E-state index contributed by atoms with van der Waals surface area (Å²) in [6.45, 7) is 1.91. The summed E-state index contributed by atoms with van der Waals surface area (Å²) >= 11 is 1.60. The summed E-state index contributed by atoms with van der Waals surface area (Å²) in [7, 11) is -1.06. The van der Waals surface area contributed by atoms with E-state index < -0.39 is 10.8 Å². The van der Waals surface area contributed by atoms with E-state index in [0.29, 0.717) is 16.1 Å². The summed E-state index contributed by atoms with van der Waals surface area (Å²) in [6.07, 6.45) is 3.60. The second kappa shape index (κ2) is 6.91. The molecule has 21 heavy (non-hydrogen) atoms. The van der Waals surface area contributed by atoms with Crippen molar-refractivity contribution in [3.8, 4) is 0 Å². The lowest BCUT2D eigenvalue weighted by molar-refractivity contribution is 0.102. The van der Waals surface area contributed by atoms with Crippen LogP contribution in [0.25, 0.3) is 0 Å². The molecule has 0 aliphatic carbocycles. The Labute approximate surface area is 131 Å². The molecular formula is C16H17NO2S2. The maximum atomic E-state index is 12.4. The van der Waals surface area contributed by atoms with Crippen LogP contribution in [0.2, 0.25) is 0 Å². The fourth-order valence-corrected chi connectivity index (χ4v) is 2.93. The zero-order chi connectivity index (χ0) is 15.4. The molecule has 0 aromatic heterocycles. The first-order chi connectivity index (χ1) is 10.0. The van der Waals surface area contributed by atoms with Gasteiger partial charge in [-0.25, -0.2) is 0 Å². The molecule has 0 aliphatic rings. The molecule has 3 nitrogen and oxygen atoms in total. The summed E-state index contributed by atoms with van der Waals surface area (Å²) in [4.78, 5) is 14.1. The van der Waals surface area contributed by atoms with E-state index in [0.717, 1.165) is 10.5 Å². The van der Waals surface area contributed by atoms with Crippen LogP contribution in [0.15, 0.2) is 52.3 Å². The van der Waals surface area contributed by atoms with Crippen molar-refractivity contribution in [3.05, 3.63) is 53.6 Å². The Bertz CT molecular complexity index is 698. The lowest BCUT2D eigenvalue weighted by Crippen LogP contribution is -2.13. The molecule has 0 spiro atoms. The molecule has 1 atom stereocenters. The predicted molar refractivity (Wildman–Crippen MR) is 89.7 cm³/mol. The van der Waals surface area contributed by atoms with Gasteiger partial charge in [0.15, 0.2) is 0 Å². The van der Waals surface area contributed by atoms with E-state index in [9.17, 15) is 9.00 Å². The van der Waals surface area contributed by atoms with Gasteiger partial charge in [-0.2, -0.15) is 0 Å². The minimum atomic E-state index is -1.06.